The van der Waals surface area contributed by atoms with Gasteiger partial charge >= 0.3 is 0 Å². The lowest BCUT2D eigenvalue weighted by Crippen LogP contribution is -2.38. The fourth-order valence-electron chi connectivity index (χ4n) is 1.54. The first-order valence-electron chi connectivity index (χ1n) is 7.06. The van der Waals surface area contributed by atoms with Crippen molar-refractivity contribution >= 4 is 5.96 Å². The van der Waals surface area contributed by atoms with E-state index in [-0.39, 0.29) is 0 Å². The largest absolute Gasteiger partial charge is 0.356 e. The number of hydrogen-bond donors (Lipinski definition) is 2. The van der Waals surface area contributed by atoms with Crippen molar-refractivity contribution in [2.75, 3.05) is 13.1 Å². The lowest BCUT2D eigenvalue weighted by Gasteiger charge is -2.11. The lowest BCUT2D eigenvalue weighted by atomic mass is 10.3. The molecule has 1 heterocycles. The van der Waals surface area contributed by atoms with Gasteiger partial charge in [-0.05, 0) is 19.8 Å². The van der Waals surface area contributed by atoms with Gasteiger partial charge in [0.2, 0.25) is 0 Å². The Hall–Kier alpha value is -1.59. The van der Waals surface area contributed by atoms with Crippen molar-refractivity contribution in [2.45, 2.75) is 46.6 Å². The third-order valence-corrected chi connectivity index (χ3v) is 2.93. The number of aromatic nitrogens is 3. The standard InChI is InChI=1S/C13H26N6/c1-5-7-9-15-13(14-8-6-2)16-10-12-18-17-11(3)19(12)4/h5-10H2,1-4H3,(H2,14,15,16). The van der Waals surface area contributed by atoms with E-state index in [0.717, 1.165) is 43.5 Å². The summed E-state index contributed by atoms with van der Waals surface area (Å²) >= 11 is 0. The van der Waals surface area contributed by atoms with Crippen molar-refractivity contribution < 1.29 is 0 Å². The van der Waals surface area contributed by atoms with Crippen molar-refractivity contribution in [3.05, 3.63) is 11.6 Å². The van der Waals surface area contributed by atoms with Crippen LogP contribution in [0.3, 0.4) is 0 Å². The van der Waals surface area contributed by atoms with Crippen LogP contribution < -0.4 is 10.6 Å². The minimum atomic E-state index is 0.544. The maximum Gasteiger partial charge on any atom is 0.191 e. The predicted octanol–water partition coefficient (Wildman–Crippen LogP) is 1.37. The normalized spacial score (nSPS) is 11.7. The Labute approximate surface area is 115 Å². The van der Waals surface area contributed by atoms with Gasteiger partial charge in [0.1, 0.15) is 12.4 Å². The Kier molecular flexibility index (Phi) is 6.92. The van der Waals surface area contributed by atoms with Crippen molar-refractivity contribution in [1.29, 1.82) is 0 Å². The number of aryl methyl sites for hydroxylation is 1. The SMILES string of the molecule is CCCCNC(=NCc1nnc(C)n1C)NCCC. The van der Waals surface area contributed by atoms with Crippen LogP contribution in [0.4, 0.5) is 0 Å². The van der Waals surface area contributed by atoms with E-state index in [1.807, 2.05) is 18.5 Å². The molecule has 108 valence electrons. The van der Waals surface area contributed by atoms with Crippen LogP contribution in [-0.2, 0) is 13.6 Å². The van der Waals surface area contributed by atoms with Crippen molar-refractivity contribution in [2.24, 2.45) is 12.0 Å². The van der Waals surface area contributed by atoms with Gasteiger partial charge in [-0.1, -0.05) is 20.3 Å². The number of nitrogens with one attached hydrogen (secondary N) is 2. The van der Waals surface area contributed by atoms with E-state index < -0.39 is 0 Å². The number of hydrogen-bond acceptors (Lipinski definition) is 3. The molecule has 0 aliphatic rings. The summed E-state index contributed by atoms with van der Waals surface area (Å²) in [4.78, 5) is 4.55. The second-order valence-corrected chi connectivity index (χ2v) is 4.59. The third-order valence-electron chi connectivity index (χ3n) is 2.93. The molecular weight excluding hydrogens is 240 g/mol. The van der Waals surface area contributed by atoms with Gasteiger partial charge in [0.05, 0.1) is 0 Å². The summed E-state index contributed by atoms with van der Waals surface area (Å²) in [5, 5.41) is 14.8. The van der Waals surface area contributed by atoms with Crippen LogP contribution in [0.2, 0.25) is 0 Å². The van der Waals surface area contributed by atoms with Crippen LogP contribution in [0.1, 0.15) is 44.8 Å². The molecule has 6 nitrogen and oxygen atoms in total. The Morgan fingerprint density at radius 3 is 2.47 bits per heavy atom. The molecular formula is C13H26N6. The molecule has 0 spiro atoms. The molecule has 0 saturated carbocycles. The minimum absolute atomic E-state index is 0.544. The summed E-state index contributed by atoms with van der Waals surface area (Å²) in [6.07, 6.45) is 3.41. The van der Waals surface area contributed by atoms with Crippen molar-refractivity contribution in [3.63, 3.8) is 0 Å². The number of guanidine groups is 1. The number of rotatable bonds is 7. The number of unbranched alkanes of at least 4 members (excludes halogenated alkanes) is 1. The summed E-state index contributed by atoms with van der Waals surface area (Å²) < 4.78 is 1.97. The molecule has 0 saturated heterocycles. The van der Waals surface area contributed by atoms with Crippen molar-refractivity contribution in [1.82, 2.24) is 25.4 Å². The number of aliphatic imine (C=N–C) groups is 1. The van der Waals surface area contributed by atoms with Gasteiger partial charge in [-0.2, -0.15) is 0 Å². The second kappa shape index (κ2) is 8.50. The zero-order valence-electron chi connectivity index (χ0n) is 12.5. The van der Waals surface area contributed by atoms with Crippen LogP contribution in [0.25, 0.3) is 0 Å². The Bertz CT molecular complexity index is 396. The molecule has 0 bridgehead atoms. The van der Waals surface area contributed by atoms with Crippen LogP contribution in [0.15, 0.2) is 4.99 Å². The van der Waals surface area contributed by atoms with Gasteiger partial charge < -0.3 is 15.2 Å². The molecule has 0 fully saturated rings. The van der Waals surface area contributed by atoms with Crippen molar-refractivity contribution in [3.8, 4) is 0 Å². The summed E-state index contributed by atoms with van der Waals surface area (Å²) in [5.41, 5.74) is 0. The molecule has 0 aliphatic carbocycles. The molecule has 1 aromatic rings. The van der Waals surface area contributed by atoms with Crippen LogP contribution in [-0.4, -0.2) is 33.8 Å². The fourth-order valence-corrected chi connectivity index (χ4v) is 1.54. The average molecular weight is 266 g/mol. The molecule has 0 amide bonds. The summed E-state index contributed by atoms with van der Waals surface area (Å²) in [5.74, 6) is 2.65. The molecule has 0 aliphatic heterocycles. The highest BCUT2D eigenvalue weighted by atomic mass is 15.3. The van der Waals surface area contributed by atoms with E-state index in [1.165, 1.54) is 6.42 Å². The summed E-state index contributed by atoms with van der Waals surface area (Å²) in [6.45, 7) is 8.68. The lowest BCUT2D eigenvalue weighted by molar-refractivity contribution is 0.711. The molecule has 6 heteroatoms. The molecule has 0 unspecified atom stereocenters. The van der Waals surface area contributed by atoms with Crippen LogP contribution >= 0.6 is 0 Å². The zero-order valence-corrected chi connectivity index (χ0v) is 12.5. The maximum absolute atomic E-state index is 4.55. The van der Waals surface area contributed by atoms with Gasteiger partial charge in [0.15, 0.2) is 11.8 Å². The molecule has 1 rings (SSSR count). The highest BCUT2D eigenvalue weighted by molar-refractivity contribution is 5.79. The maximum atomic E-state index is 4.55. The zero-order chi connectivity index (χ0) is 14.1. The first-order chi connectivity index (χ1) is 9.19. The molecule has 0 radical (unpaired) electrons. The van der Waals surface area contributed by atoms with E-state index >= 15 is 0 Å². The highest BCUT2D eigenvalue weighted by Gasteiger charge is 2.04. The first-order valence-corrected chi connectivity index (χ1v) is 7.06. The van der Waals surface area contributed by atoms with Gasteiger partial charge in [0.25, 0.3) is 0 Å². The summed E-state index contributed by atoms with van der Waals surface area (Å²) in [6, 6.07) is 0. The van der Waals surface area contributed by atoms with Crippen LogP contribution in [0, 0.1) is 6.92 Å². The Balaban J connectivity index is 2.57. The number of nitrogens with zero attached hydrogens (tertiary/aromatic N) is 4. The molecule has 19 heavy (non-hydrogen) atoms. The smallest absolute Gasteiger partial charge is 0.191 e. The second-order valence-electron chi connectivity index (χ2n) is 4.59. The minimum Gasteiger partial charge on any atom is -0.356 e. The molecule has 0 atom stereocenters. The van der Waals surface area contributed by atoms with Gasteiger partial charge in [-0.15, -0.1) is 10.2 Å². The quantitative estimate of drug-likeness (QED) is 0.444. The van der Waals surface area contributed by atoms with Crippen LogP contribution in [0.5, 0.6) is 0 Å². The Morgan fingerprint density at radius 2 is 1.89 bits per heavy atom. The monoisotopic (exact) mass is 266 g/mol. The van der Waals surface area contributed by atoms with Gasteiger partial charge in [-0.25, -0.2) is 4.99 Å². The molecule has 1 aromatic heterocycles. The molecule has 0 aromatic carbocycles. The third kappa shape index (κ3) is 5.28. The van der Waals surface area contributed by atoms with E-state index in [0.29, 0.717) is 6.54 Å². The van der Waals surface area contributed by atoms with Gasteiger partial charge in [-0.3, -0.25) is 0 Å². The molecule has 2 N–H and O–H groups in total. The van der Waals surface area contributed by atoms with E-state index in [2.05, 4.69) is 39.7 Å². The first kappa shape index (κ1) is 15.5. The van der Waals surface area contributed by atoms with E-state index in [4.69, 9.17) is 0 Å². The predicted molar refractivity (Wildman–Crippen MR) is 78.1 cm³/mol. The summed E-state index contributed by atoms with van der Waals surface area (Å²) in [7, 11) is 1.96. The average Bonchev–Trinajstić information content (AvgIpc) is 2.73. The van der Waals surface area contributed by atoms with Gasteiger partial charge in [0, 0.05) is 20.1 Å². The topological polar surface area (TPSA) is 67.1 Å². The van der Waals surface area contributed by atoms with E-state index in [1.54, 1.807) is 0 Å². The fraction of sp³-hybridized carbons (Fsp3) is 0.769. The van der Waals surface area contributed by atoms with E-state index in [9.17, 15) is 0 Å². The Morgan fingerprint density at radius 1 is 1.16 bits per heavy atom. The highest BCUT2D eigenvalue weighted by Crippen LogP contribution is 1.99.